The van der Waals surface area contributed by atoms with Gasteiger partial charge in [-0.3, -0.25) is 4.79 Å². The molecule has 164 valence electrons. The Morgan fingerprint density at radius 2 is 1.93 bits per heavy atom. The Balaban J connectivity index is 2.49. The Bertz CT molecular complexity index is 672. The highest BCUT2D eigenvalue weighted by atomic mass is 16.5. The van der Waals surface area contributed by atoms with Gasteiger partial charge in [-0.25, -0.2) is 4.79 Å². The standard InChI is InChI=1S/C24H40N2O3/c1-16(13-14-21-17(2)11-9-15-24(21,6)7)10-8-12-18(3)29-23(28)20(5)26-22(27)19(4)25/h10,13-14,18-20H,8-9,11-12,15,25H2,1-7H3,(H,26,27)/b14-13+,16-10+/t18?,19-,20-/m0/s1. The van der Waals surface area contributed by atoms with Gasteiger partial charge in [0.05, 0.1) is 12.1 Å². The molecule has 0 saturated carbocycles. The van der Waals surface area contributed by atoms with Crippen molar-refractivity contribution >= 4 is 11.9 Å². The summed E-state index contributed by atoms with van der Waals surface area (Å²) in [6.07, 6.45) is 11.7. The van der Waals surface area contributed by atoms with E-state index < -0.39 is 18.1 Å². The summed E-state index contributed by atoms with van der Waals surface area (Å²) >= 11 is 0. The first kappa shape index (κ1) is 25.2. The number of carbonyl (C=O) groups is 2. The lowest BCUT2D eigenvalue weighted by Gasteiger charge is -2.32. The quantitative estimate of drug-likeness (QED) is 0.435. The van der Waals surface area contributed by atoms with Crippen LogP contribution in [-0.2, 0) is 14.3 Å². The zero-order valence-electron chi connectivity index (χ0n) is 19.3. The van der Waals surface area contributed by atoms with Gasteiger partial charge in [0.15, 0.2) is 0 Å². The molecule has 29 heavy (non-hydrogen) atoms. The van der Waals surface area contributed by atoms with Crippen molar-refractivity contribution in [1.82, 2.24) is 5.32 Å². The first-order chi connectivity index (χ1) is 13.4. The summed E-state index contributed by atoms with van der Waals surface area (Å²) in [5.41, 5.74) is 9.91. The molecule has 5 heteroatoms. The molecule has 1 unspecified atom stereocenters. The average molecular weight is 405 g/mol. The maximum atomic E-state index is 12.1. The molecule has 0 spiro atoms. The number of rotatable bonds is 9. The number of esters is 1. The SMILES string of the molecule is CC1=C(/C=C/C(C)=C/CCC(C)OC(=O)[C@H](C)NC(=O)[C@H](C)N)C(C)(C)CCC1. The lowest BCUT2D eigenvalue weighted by Crippen LogP contribution is -2.46. The largest absolute Gasteiger partial charge is 0.461 e. The van der Waals surface area contributed by atoms with E-state index in [1.165, 1.54) is 36.0 Å². The Kier molecular flexibility index (Phi) is 9.84. The van der Waals surface area contributed by atoms with Gasteiger partial charge in [-0.15, -0.1) is 0 Å². The highest BCUT2D eigenvalue weighted by Crippen LogP contribution is 2.40. The van der Waals surface area contributed by atoms with Gasteiger partial charge in [-0.05, 0) is 77.7 Å². The smallest absolute Gasteiger partial charge is 0.328 e. The topological polar surface area (TPSA) is 81.4 Å². The Morgan fingerprint density at radius 3 is 2.52 bits per heavy atom. The third-order valence-electron chi connectivity index (χ3n) is 5.54. The van der Waals surface area contributed by atoms with Crippen molar-refractivity contribution in [3.63, 3.8) is 0 Å². The lowest BCUT2D eigenvalue weighted by atomic mass is 9.72. The molecule has 0 saturated heterocycles. The summed E-state index contributed by atoms with van der Waals surface area (Å²) in [4.78, 5) is 23.6. The molecule has 1 rings (SSSR count). The Labute approximate surface area is 176 Å². The first-order valence-corrected chi connectivity index (χ1v) is 10.8. The minimum atomic E-state index is -0.702. The van der Waals surface area contributed by atoms with E-state index in [9.17, 15) is 9.59 Å². The lowest BCUT2D eigenvalue weighted by molar-refractivity contribution is -0.152. The van der Waals surface area contributed by atoms with Crippen LogP contribution in [-0.4, -0.2) is 30.1 Å². The van der Waals surface area contributed by atoms with Crippen LogP contribution in [0.1, 0.15) is 80.6 Å². The van der Waals surface area contributed by atoms with E-state index in [0.29, 0.717) is 0 Å². The molecule has 0 aromatic heterocycles. The van der Waals surface area contributed by atoms with Crippen LogP contribution < -0.4 is 11.1 Å². The number of allylic oxidation sites excluding steroid dienone is 6. The Hall–Kier alpha value is -1.88. The summed E-state index contributed by atoms with van der Waals surface area (Å²) in [5.74, 6) is -0.798. The molecule has 0 heterocycles. The van der Waals surface area contributed by atoms with Crippen LogP contribution >= 0.6 is 0 Å². The zero-order chi connectivity index (χ0) is 22.2. The minimum Gasteiger partial charge on any atom is -0.461 e. The zero-order valence-corrected chi connectivity index (χ0v) is 19.3. The van der Waals surface area contributed by atoms with Gasteiger partial charge in [0, 0.05) is 0 Å². The van der Waals surface area contributed by atoms with Crippen molar-refractivity contribution in [3.05, 3.63) is 34.9 Å². The monoisotopic (exact) mass is 404 g/mol. The molecule has 0 aromatic rings. The van der Waals surface area contributed by atoms with Gasteiger partial charge in [-0.2, -0.15) is 0 Å². The molecule has 1 amide bonds. The number of carbonyl (C=O) groups excluding carboxylic acids is 2. The second-order valence-electron chi connectivity index (χ2n) is 9.06. The van der Waals surface area contributed by atoms with Crippen LogP contribution in [0.4, 0.5) is 0 Å². The molecule has 0 radical (unpaired) electrons. The van der Waals surface area contributed by atoms with Crippen molar-refractivity contribution in [3.8, 4) is 0 Å². The van der Waals surface area contributed by atoms with Gasteiger partial charge in [0.1, 0.15) is 6.04 Å². The van der Waals surface area contributed by atoms with Gasteiger partial charge in [0.2, 0.25) is 5.91 Å². The molecule has 3 atom stereocenters. The van der Waals surface area contributed by atoms with E-state index in [2.05, 4.69) is 51.2 Å². The number of amides is 1. The minimum absolute atomic E-state index is 0.215. The molecular weight excluding hydrogens is 364 g/mol. The molecular formula is C24H40N2O3. The third-order valence-corrected chi connectivity index (χ3v) is 5.54. The van der Waals surface area contributed by atoms with Crippen LogP contribution in [0.25, 0.3) is 0 Å². The average Bonchev–Trinajstić information content (AvgIpc) is 2.60. The van der Waals surface area contributed by atoms with Crippen molar-refractivity contribution < 1.29 is 14.3 Å². The highest BCUT2D eigenvalue weighted by Gasteiger charge is 2.26. The van der Waals surface area contributed by atoms with E-state index in [1.807, 2.05) is 6.92 Å². The third kappa shape index (κ3) is 8.57. The molecule has 0 aromatic carbocycles. The summed E-state index contributed by atoms with van der Waals surface area (Å²) in [6.45, 7) is 14.0. The van der Waals surface area contributed by atoms with Crippen molar-refractivity contribution in [1.29, 1.82) is 0 Å². The number of hydrogen-bond donors (Lipinski definition) is 2. The van der Waals surface area contributed by atoms with Gasteiger partial charge in [-0.1, -0.05) is 43.2 Å². The second kappa shape index (κ2) is 11.3. The van der Waals surface area contributed by atoms with E-state index in [1.54, 1.807) is 13.8 Å². The summed E-state index contributed by atoms with van der Waals surface area (Å²) < 4.78 is 5.42. The van der Waals surface area contributed by atoms with Crippen LogP contribution in [0.2, 0.25) is 0 Å². The van der Waals surface area contributed by atoms with Gasteiger partial charge >= 0.3 is 5.97 Å². The van der Waals surface area contributed by atoms with E-state index in [4.69, 9.17) is 10.5 Å². The predicted octanol–water partition coefficient (Wildman–Crippen LogP) is 4.58. The maximum absolute atomic E-state index is 12.1. The molecule has 1 aliphatic rings. The van der Waals surface area contributed by atoms with Crippen LogP contribution in [0.15, 0.2) is 34.9 Å². The first-order valence-electron chi connectivity index (χ1n) is 10.8. The molecule has 5 nitrogen and oxygen atoms in total. The predicted molar refractivity (Wildman–Crippen MR) is 119 cm³/mol. The molecule has 1 aliphatic carbocycles. The summed E-state index contributed by atoms with van der Waals surface area (Å²) in [6, 6.07) is -1.35. The van der Waals surface area contributed by atoms with E-state index >= 15 is 0 Å². The number of nitrogens with one attached hydrogen (secondary N) is 1. The highest BCUT2D eigenvalue weighted by molar-refractivity contribution is 5.86. The second-order valence-corrected chi connectivity index (χ2v) is 9.06. The normalized spacial score (nSPS) is 20.3. The van der Waals surface area contributed by atoms with Gasteiger partial charge < -0.3 is 15.8 Å². The molecule has 0 fully saturated rings. The fraction of sp³-hybridized carbons (Fsp3) is 0.667. The number of ether oxygens (including phenoxy) is 1. The molecule has 3 N–H and O–H groups in total. The van der Waals surface area contributed by atoms with Crippen LogP contribution in [0.5, 0.6) is 0 Å². The molecule has 0 aliphatic heterocycles. The summed E-state index contributed by atoms with van der Waals surface area (Å²) in [5, 5.41) is 2.55. The van der Waals surface area contributed by atoms with E-state index in [-0.39, 0.29) is 17.4 Å². The fourth-order valence-corrected chi connectivity index (χ4v) is 3.60. The van der Waals surface area contributed by atoms with E-state index in [0.717, 1.165) is 12.8 Å². The number of hydrogen-bond acceptors (Lipinski definition) is 4. The van der Waals surface area contributed by atoms with Gasteiger partial charge in [0.25, 0.3) is 0 Å². The van der Waals surface area contributed by atoms with Crippen molar-refractivity contribution in [2.75, 3.05) is 0 Å². The summed E-state index contributed by atoms with van der Waals surface area (Å²) in [7, 11) is 0. The van der Waals surface area contributed by atoms with Crippen LogP contribution in [0, 0.1) is 5.41 Å². The van der Waals surface area contributed by atoms with Crippen LogP contribution in [0.3, 0.4) is 0 Å². The number of nitrogens with two attached hydrogens (primary N) is 1. The van der Waals surface area contributed by atoms with Crippen molar-refractivity contribution in [2.45, 2.75) is 98.8 Å². The maximum Gasteiger partial charge on any atom is 0.328 e. The van der Waals surface area contributed by atoms with Crippen molar-refractivity contribution in [2.24, 2.45) is 11.1 Å². The fourth-order valence-electron chi connectivity index (χ4n) is 3.60. The molecule has 0 bridgehead atoms. The Morgan fingerprint density at radius 1 is 1.28 bits per heavy atom.